The van der Waals surface area contributed by atoms with Gasteiger partial charge in [-0.2, -0.15) is 0 Å². The lowest BCUT2D eigenvalue weighted by Gasteiger charge is -2.15. The Morgan fingerprint density at radius 2 is 1.93 bits per heavy atom. The third-order valence-electron chi connectivity index (χ3n) is 4.10. The number of hydrogen-bond acceptors (Lipinski definition) is 5. The van der Waals surface area contributed by atoms with Gasteiger partial charge in [0.15, 0.2) is 5.78 Å². The maximum atomic E-state index is 13.2. The van der Waals surface area contributed by atoms with E-state index in [0.29, 0.717) is 16.9 Å². The van der Waals surface area contributed by atoms with Crippen molar-refractivity contribution in [3.8, 4) is 5.82 Å². The van der Waals surface area contributed by atoms with Crippen LogP contribution in [0.2, 0.25) is 0 Å². The minimum atomic E-state index is -1.17. The molecule has 2 heterocycles. The minimum Gasteiger partial charge on any atom is -0.468 e. The lowest BCUT2D eigenvalue weighted by Crippen LogP contribution is -2.23. The van der Waals surface area contributed by atoms with E-state index >= 15 is 0 Å². The highest BCUT2D eigenvalue weighted by molar-refractivity contribution is 7.98. The number of thioether (sulfide) groups is 1. The molecule has 3 aromatic rings. The van der Waals surface area contributed by atoms with Gasteiger partial charge < -0.3 is 4.74 Å². The first-order chi connectivity index (χ1) is 13.0. The maximum absolute atomic E-state index is 13.2. The summed E-state index contributed by atoms with van der Waals surface area (Å²) < 4.78 is 19.9. The molecule has 0 amide bonds. The fourth-order valence-corrected chi connectivity index (χ4v) is 3.32. The van der Waals surface area contributed by atoms with E-state index in [1.165, 1.54) is 37.6 Å². The van der Waals surface area contributed by atoms with Crippen LogP contribution in [-0.4, -0.2) is 34.7 Å². The molecule has 27 heavy (non-hydrogen) atoms. The number of pyridine rings is 1. The zero-order chi connectivity index (χ0) is 19.4. The summed E-state index contributed by atoms with van der Waals surface area (Å²) in [6.07, 6.45) is 5.31. The van der Waals surface area contributed by atoms with Gasteiger partial charge in [-0.1, -0.05) is 12.1 Å². The Morgan fingerprint density at radius 3 is 2.59 bits per heavy atom. The molecule has 1 unspecified atom stereocenters. The first-order valence-electron chi connectivity index (χ1n) is 8.10. The normalized spacial score (nSPS) is 11.8. The molecule has 0 aliphatic carbocycles. The average Bonchev–Trinajstić information content (AvgIpc) is 3.18. The molecule has 0 saturated carbocycles. The molecular weight excluding hydrogens is 367 g/mol. The number of carbonyl (C=O) groups excluding carboxylic acids is 2. The van der Waals surface area contributed by atoms with Crippen molar-refractivity contribution >= 4 is 23.5 Å². The Hall–Kier alpha value is -2.93. The lowest BCUT2D eigenvalue weighted by molar-refractivity contribution is -0.141. The Labute approximate surface area is 160 Å². The van der Waals surface area contributed by atoms with E-state index in [4.69, 9.17) is 4.74 Å². The fraction of sp³-hybridized carbons (Fsp3) is 0.150. The number of methoxy groups -OCH3 is 1. The molecule has 138 valence electrons. The van der Waals surface area contributed by atoms with E-state index in [1.54, 1.807) is 23.9 Å². The monoisotopic (exact) mass is 384 g/mol. The van der Waals surface area contributed by atoms with Crippen molar-refractivity contribution in [3.63, 3.8) is 0 Å². The van der Waals surface area contributed by atoms with Gasteiger partial charge in [-0.3, -0.25) is 14.2 Å². The smallest absolute Gasteiger partial charge is 0.321 e. The minimum absolute atomic E-state index is 0.320. The summed E-state index contributed by atoms with van der Waals surface area (Å²) in [6, 6.07) is 12.2. The second-order valence-corrected chi connectivity index (χ2v) is 6.52. The molecule has 1 aromatic carbocycles. The first kappa shape index (κ1) is 18.8. The SMILES string of the molecule is COC(=O)C(C(=O)c1ccnc(-n2cccc2SC)c1)c1ccc(F)cc1. The van der Waals surface area contributed by atoms with Gasteiger partial charge in [0.25, 0.3) is 0 Å². The Morgan fingerprint density at radius 1 is 1.19 bits per heavy atom. The fourth-order valence-electron chi connectivity index (χ4n) is 2.76. The average molecular weight is 384 g/mol. The van der Waals surface area contributed by atoms with E-state index in [0.717, 1.165) is 5.03 Å². The van der Waals surface area contributed by atoms with Crippen LogP contribution in [0.25, 0.3) is 5.82 Å². The summed E-state index contributed by atoms with van der Waals surface area (Å²) in [6.45, 7) is 0. The molecule has 0 spiro atoms. The van der Waals surface area contributed by atoms with Crippen LogP contribution < -0.4 is 0 Å². The van der Waals surface area contributed by atoms with Crippen LogP contribution in [0, 0.1) is 5.82 Å². The highest BCUT2D eigenvalue weighted by Gasteiger charge is 2.30. The molecule has 0 N–H and O–H groups in total. The molecular formula is C20H17FN2O3S. The van der Waals surface area contributed by atoms with Crippen molar-refractivity contribution in [2.45, 2.75) is 10.9 Å². The van der Waals surface area contributed by atoms with Gasteiger partial charge in [0, 0.05) is 18.0 Å². The van der Waals surface area contributed by atoms with Crippen LogP contribution in [0.4, 0.5) is 4.39 Å². The van der Waals surface area contributed by atoms with Crippen molar-refractivity contribution in [3.05, 3.63) is 77.9 Å². The number of carbonyl (C=O) groups is 2. The van der Waals surface area contributed by atoms with Gasteiger partial charge >= 0.3 is 5.97 Å². The Bertz CT molecular complexity index is 969. The number of benzene rings is 1. The predicted octanol–water partition coefficient (Wildman–Crippen LogP) is 3.87. The number of Topliss-reactive ketones (excluding diaryl/α,β-unsaturated/α-hetero) is 1. The lowest BCUT2D eigenvalue weighted by atomic mass is 9.91. The highest BCUT2D eigenvalue weighted by atomic mass is 32.2. The maximum Gasteiger partial charge on any atom is 0.321 e. The molecule has 7 heteroatoms. The molecule has 3 rings (SSSR count). The van der Waals surface area contributed by atoms with Crippen LogP contribution in [0.15, 0.2) is 66.0 Å². The molecule has 0 saturated heterocycles. The van der Waals surface area contributed by atoms with E-state index < -0.39 is 23.5 Å². The number of ether oxygens (including phenoxy) is 1. The largest absolute Gasteiger partial charge is 0.468 e. The van der Waals surface area contributed by atoms with Gasteiger partial charge in [-0.15, -0.1) is 11.8 Å². The molecule has 0 fully saturated rings. The van der Waals surface area contributed by atoms with Crippen molar-refractivity contribution in [1.29, 1.82) is 0 Å². The van der Waals surface area contributed by atoms with E-state index in [-0.39, 0.29) is 0 Å². The van der Waals surface area contributed by atoms with E-state index in [2.05, 4.69) is 4.98 Å². The predicted molar refractivity (Wildman–Crippen MR) is 101 cm³/mol. The topological polar surface area (TPSA) is 61.2 Å². The summed E-state index contributed by atoms with van der Waals surface area (Å²) in [5, 5.41) is 0.968. The molecule has 2 aromatic heterocycles. The molecule has 0 aliphatic heterocycles. The highest BCUT2D eigenvalue weighted by Crippen LogP contribution is 2.25. The number of halogens is 1. The van der Waals surface area contributed by atoms with Crippen LogP contribution in [-0.2, 0) is 9.53 Å². The number of nitrogens with zero attached hydrogens (tertiary/aromatic N) is 2. The molecule has 5 nitrogen and oxygen atoms in total. The van der Waals surface area contributed by atoms with Crippen LogP contribution in [0.1, 0.15) is 21.8 Å². The third kappa shape index (κ3) is 3.93. The summed E-state index contributed by atoms with van der Waals surface area (Å²) in [7, 11) is 1.22. The van der Waals surface area contributed by atoms with Gasteiger partial charge in [-0.05, 0) is 48.2 Å². The zero-order valence-corrected chi connectivity index (χ0v) is 15.6. The summed E-state index contributed by atoms with van der Waals surface area (Å²) in [5.74, 6) is -2.18. The zero-order valence-electron chi connectivity index (χ0n) is 14.8. The van der Waals surface area contributed by atoms with Crippen molar-refractivity contribution in [2.75, 3.05) is 13.4 Å². The van der Waals surface area contributed by atoms with Gasteiger partial charge in [0.2, 0.25) is 0 Å². The summed E-state index contributed by atoms with van der Waals surface area (Å²) in [4.78, 5) is 29.6. The Balaban J connectivity index is 2.00. The van der Waals surface area contributed by atoms with Crippen LogP contribution >= 0.6 is 11.8 Å². The summed E-state index contributed by atoms with van der Waals surface area (Å²) >= 11 is 1.55. The van der Waals surface area contributed by atoms with Gasteiger partial charge in [-0.25, -0.2) is 9.37 Å². The van der Waals surface area contributed by atoms with Crippen LogP contribution in [0.5, 0.6) is 0 Å². The number of rotatable bonds is 6. The number of esters is 1. The summed E-state index contributed by atoms with van der Waals surface area (Å²) in [5.41, 5.74) is 0.692. The second kappa shape index (κ2) is 8.18. The van der Waals surface area contributed by atoms with Crippen molar-refractivity contribution < 1.29 is 18.7 Å². The van der Waals surface area contributed by atoms with Crippen molar-refractivity contribution in [1.82, 2.24) is 9.55 Å². The standard InChI is InChI=1S/C20H17FN2O3S/c1-26-20(25)18(13-5-7-15(21)8-6-13)19(24)14-9-10-22-16(12-14)23-11-3-4-17(23)27-2/h3-12,18H,1-2H3. The van der Waals surface area contributed by atoms with Gasteiger partial charge in [0.1, 0.15) is 17.6 Å². The molecule has 0 radical (unpaired) electrons. The molecule has 0 aliphatic rings. The number of aromatic nitrogens is 2. The van der Waals surface area contributed by atoms with Crippen molar-refractivity contribution in [2.24, 2.45) is 0 Å². The third-order valence-corrected chi connectivity index (χ3v) is 4.85. The van der Waals surface area contributed by atoms with Crippen LogP contribution in [0.3, 0.4) is 0 Å². The molecule has 1 atom stereocenters. The second-order valence-electron chi connectivity index (χ2n) is 5.70. The Kier molecular flexibility index (Phi) is 5.71. The van der Waals surface area contributed by atoms with Gasteiger partial charge in [0.05, 0.1) is 12.1 Å². The quantitative estimate of drug-likeness (QED) is 0.279. The molecule has 0 bridgehead atoms. The number of ketones is 1. The number of hydrogen-bond donors (Lipinski definition) is 0. The van der Waals surface area contributed by atoms with E-state index in [9.17, 15) is 14.0 Å². The first-order valence-corrected chi connectivity index (χ1v) is 9.33. The van der Waals surface area contributed by atoms with E-state index in [1.807, 2.05) is 29.2 Å².